The Morgan fingerprint density at radius 3 is 2.67 bits per heavy atom. The van der Waals surface area contributed by atoms with Crippen molar-refractivity contribution in [3.8, 4) is 5.75 Å². The van der Waals surface area contributed by atoms with Crippen LogP contribution in [0.1, 0.15) is 10.4 Å². The molecule has 0 aliphatic heterocycles. The van der Waals surface area contributed by atoms with Crippen molar-refractivity contribution in [3.05, 3.63) is 65.4 Å². The molecule has 5 N–H and O–H groups in total. The van der Waals surface area contributed by atoms with Gasteiger partial charge in [-0.05, 0) is 30.3 Å². The van der Waals surface area contributed by atoms with Crippen LogP contribution in [-0.4, -0.2) is 23.0 Å². The largest absolute Gasteiger partial charge is 0.495 e. The summed E-state index contributed by atoms with van der Waals surface area (Å²) in [6.07, 6.45) is 1.32. The fraction of sp³-hybridized carbons (Fsp3) is 0.0556. The summed E-state index contributed by atoms with van der Waals surface area (Å²) in [5.41, 5.74) is 12.7. The lowest BCUT2D eigenvalue weighted by Gasteiger charge is -2.14. The van der Waals surface area contributed by atoms with Gasteiger partial charge in [-0.25, -0.2) is 9.97 Å². The lowest BCUT2D eigenvalue weighted by Crippen LogP contribution is -2.30. The molecule has 0 bridgehead atoms. The van der Waals surface area contributed by atoms with Gasteiger partial charge in [-0.3, -0.25) is 15.6 Å². The summed E-state index contributed by atoms with van der Waals surface area (Å²) in [4.78, 5) is 20.4. The maximum Gasteiger partial charge on any atom is 0.269 e. The van der Waals surface area contributed by atoms with E-state index in [-0.39, 0.29) is 17.4 Å². The first-order valence-corrected chi connectivity index (χ1v) is 8.28. The van der Waals surface area contributed by atoms with Gasteiger partial charge >= 0.3 is 0 Å². The Kier molecular flexibility index (Phi) is 5.58. The third kappa shape index (κ3) is 4.36. The van der Waals surface area contributed by atoms with Crippen molar-refractivity contribution >= 4 is 40.5 Å². The average molecular weight is 385 g/mol. The number of nitrogens with two attached hydrogens (primary N) is 1. The number of carbonyl (C=O) groups excluding carboxylic acids is 1. The number of hydrazine groups is 1. The second kappa shape index (κ2) is 8.24. The fourth-order valence-electron chi connectivity index (χ4n) is 2.29. The molecule has 0 fully saturated rings. The molecule has 138 valence electrons. The Hall–Kier alpha value is -3.52. The van der Waals surface area contributed by atoms with E-state index in [1.54, 1.807) is 31.4 Å². The monoisotopic (exact) mass is 384 g/mol. The lowest BCUT2D eigenvalue weighted by atomic mass is 10.2. The molecular weight excluding hydrogens is 368 g/mol. The Morgan fingerprint density at radius 1 is 1.11 bits per heavy atom. The summed E-state index contributed by atoms with van der Waals surface area (Å²) in [6, 6.07) is 13.9. The van der Waals surface area contributed by atoms with Crippen molar-refractivity contribution < 1.29 is 9.53 Å². The van der Waals surface area contributed by atoms with Gasteiger partial charge in [-0.15, -0.1) is 0 Å². The molecule has 3 rings (SSSR count). The lowest BCUT2D eigenvalue weighted by molar-refractivity contribution is 0.0962. The number of aromatic nitrogens is 2. The van der Waals surface area contributed by atoms with Gasteiger partial charge in [-0.2, -0.15) is 0 Å². The molecule has 1 heterocycles. The topological polar surface area (TPSA) is 114 Å². The number of methoxy groups -OCH3 is 1. The first kappa shape index (κ1) is 18.3. The van der Waals surface area contributed by atoms with E-state index in [9.17, 15) is 4.79 Å². The van der Waals surface area contributed by atoms with E-state index in [4.69, 9.17) is 22.1 Å². The number of carbonyl (C=O) groups is 1. The van der Waals surface area contributed by atoms with Crippen LogP contribution in [0, 0.1) is 0 Å². The second-order valence-corrected chi connectivity index (χ2v) is 5.84. The average Bonchev–Trinajstić information content (AvgIpc) is 2.68. The van der Waals surface area contributed by atoms with Crippen LogP contribution in [0.2, 0.25) is 5.02 Å². The number of halogens is 1. The number of nitrogens with one attached hydrogen (secondary N) is 3. The fourth-order valence-corrected chi connectivity index (χ4v) is 2.48. The highest BCUT2D eigenvalue weighted by atomic mass is 35.5. The van der Waals surface area contributed by atoms with Gasteiger partial charge in [0.05, 0.1) is 12.8 Å². The van der Waals surface area contributed by atoms with Gasteiger partial charge in [-0.1, -0.05) is 29.8 Å². The number of hydrogen-bond acceptors (Lipinski definition) is 7. The molecule has 3 aromatic rings. The number of para-hydroxylation sites is 2. The molecule has 0 aliphatic rings. The zero-order valence-electron chi connectivity index (χ0n) is 14.4. The molecule has 0 saturated carbocycles. The van der Waals surface area contributed by atoms with Crippen LogP contribution in [0.4, 0.5) is 23.0 Å². The van der Waals surface area contributed by atoms with Crippen molar-refractivity contribution in [1.29, 1.82) is 0 Å². The third-order valence-corrected chi connectivity index (χ3v) is 3.86. The van der Waals surface area contributed by atoms with Gasteiger partial charge in [0.15, 0.2) is 11.6 Å². The molecule has 8 nitrogen and oxygen atoms in total. The highest BCUT2D eigenvalue weighted by molar-refractivity contribution is 6.30. The highest BCUT2D eigenvalue weighted by Crippen LogP contribution is 2.30. The van der Waals surface area contributed by atoms with E-state index < -0.39 is 0 Å². The van der Waals surface area contributed by atoms with E-state index in [0.717, 1.165) is 0 Å². The Labute approximate surface area is 160 Å². The molecule has 0 radical (unpaired) electrons. The van der Waals surface area contributed by atoms with Gasteiger partial charge < -0.3 is 15.8 Å². The van der Waals surface area contributed by atoms with Crippen molar-refractivity contribution in [2.45, 2.75) is 0 Å². The van der Waals surface area contributed by atoms with Crippen molar-refractivity contribution in [3.63, 3.8) is 0 Å². The van der Waals surface area contributed by atoms with Crippen LogP contribution >= 0.6 is 11.6 Å². The van der Waals surface area contributed by atoms with E-state index in [2.05, 4.69) is 26.1 Å². The van der Waals surface area contributed by atoms with Crippen LogP contribution in [0.3, 0.4) is 0 Å². The van der Waals surface area contributed by atoms with Crippen LogP contribution < -0.4 is 26.6 Å². The summed E-state index contributed by atoms with van der Waals surface area (Å²) >= 11 is 5.89. The quantitative estimate of drug-likeness (QED) is 0.482. The van der Waals surface area contributed by atoms with Gasteiger partial charge in [0.2, 0.25) is 0 Å². The van der Waals surface area contributed by atoms with E-state index in [1.165, 1.54) is 6.33 Å². The van der Waals surface area contributed by atoms with E-state index in [1.807, 2.05) is 24.3 Å². The molecule has 0 spiro atoms. The minimum atomic E-state index is -0.380. The summed E-state index contributed by atoms with van der Waals surface area (Å²) in [5, 5.41) is 3.55. The van der Waals surface area contributed by atoms with Crippen LogP contribution in [-0.2, 0) is 0 Å². The number of anilines is 4. The highest BCUT2D eigenvalue weighted by Gasteiger charge is 2.12. The Bertz CT molecular complexity index is 966. The first-order valence-electron chi connectivity index (χ1n) is 7.91. The molecule has 1 amide bonds. The summed E-state index contributed by atoms with van der Waals surface area (Å²) in [7, 11) is 1.57. The van der Waals surface area contributed by atoms with Crippen LogP contribution in [0.25, 0.3) is 0 Å². The molecule has 0 aliphatic carbocycles. The normalized spacial score (nSPS) is 10.1. The number of hydrogen-bond donors (Lipinski definition) is 4. The molecule has 27 heavy (non-hydrogen) atoms. The minimum Gasteiger partial charge on any atom is -0.495 e. The molecule has 9 heteroatoms. The van der Waals surface area contributed by atoms with Crippen molar-refractivity contribution in [2.75, 3.05) is 23.6 Å². The standard InChI is InChI=1S/C18H17ClN6O2/c1-27-14-8-3-2-7-13(14)23-16-15(20)17(22-10-21-16)24-25-18(26)11-5-4-6-12(19)9-11/h2-10H,20H2,1H3,(H,25,26)(H2,21,22,23,24). The van der Waals surface area contributed by atoms with Gasteiger partial charge in [0.25, 0.3) is 5.91 Å². The summed E-state index contributed by atoms with van der Waals surface area (Å²) in [6.45, 7) is 0. The number of nitrogen functional groups attached to an aromatic ring is 1. The zero-order chi connectivity index (χ0) is 19.2. The van der Waals surface area contributed by atoms with E-state index in [0.29, 0.717) is 27.8 Å². The molecule has 2 aromatic carbocycles. The summed E-state index contributed by atoms with van der Waals surface area (Å²) < 4.78 is 5.30. The molecular formula is C18H17ClN6O2. The molecule has 0 atom stereocenters. The maximum atomic E-state index is 12.2. The number of nitrogens with zero attached hydrogens (tertiary/aromatic N) is 2. The van der Waals surface area contributed by atoms with E-state index >= 15 is 0 Å². The third-order valence-electron chi connectivity index (χ3n) is 3.63. The molecule has 0 saturated heterocycles. The first-order chi connectivity index (χ1) is 13.1. The minimum absolute atomic E-state index is 0.231. The number of ether oxygens (including phenoxy) is 1. The Morgan fingerprint density at radius 2 is 1.89 bits per heavy atom. The van der Waals surface area contributed by atoms with Crippen LogP contribution in [0.5, 0.6) is 5.75 Å². The molecule has 0 unspecified atom stereocenters. The number of rotatable bonds is 6. The Balaban J connectivity index is 1.74. The SMILES string of the molecule is COc1ccccc1Nc1ncnc(NNC(=O)c2cccc(Cl)c2)c1N. The smallest absolute Gasteiger partial charge is 0.269 e. The molecule has 1 aromatic heterocycles. The van der Waals surface area contributed by atoms with Crippen molar-refractivity contribution in [1.82, 2.24) is 15.4 Å². The zero-order valence-corrected chi connectivity index (χ0v) is 15.1. The van der Waals surface area contributed by atoms with Crippen LogP contribution in [0.15, 0.2) is 54.9 Å². The predicted molar refractivity (Wildman–Crippen MR) is 105 cm³/mol. The van der Waals surface area contributed by atoms with Gasteiger partial charge in [0.1, 0.15) is 17.8 Å². The van der Waals surface area contributed by atoms with Crippen molar-refractivity contribution in [2.24, 2.45) is 0 Å². The predicted octanol–water partition coefficient (Wildman–Crippen LogP) is 3.22. The summed E-state index contributed by atoms with van der Waals surface area (Å²) in [5.74, 6) is 0.876. The second-order valence-electron chi connectivity index (χ2n) is 5.40. The number of benzene rings is 2. The maximum absolute atomic E-state index is 12.2. The van der Waals surface area contributed by atoms with Gasteiger partial charge in [0, 0.05) is 10.6 Å². The number of amides is 1.